The highest BCUT2D eigenvalue weighted by Gasteiger charge is 2.22. The first-order valence-corrected chi connectivity index (χ1v) is 5.89. The van der Waals surface area contributed by atoms with E-state index in [1.54, 1.807) is 0 Å². The lowest BCUT2D eigenvalue weighted by Crippen LogP contribution is -2.30. The number of benzene rings is 1. The molecule has 0 saturated carbocycles. The Bertz CT molecular complexity index is 447. The van der Waals surface area contributed by atoms with Crippen LogP contribution in [0.4, 0.5) is 15.8 Å². The standard InChI is InChI=1S/C12H15FN2O3/c1-8(12-3-2-4-18-12)14-10-5-9(13)6-11(7-10)15(16)17/h5-8,12,14H,2-4H2,1H3. The molecule has 2 unspecified atom stereocenters. The number of nitrogens with one attached hydrogen (secondary N) is 1. The fourth-order valence-electron chi connectivity index (χ4n) is 2.12. The molecule has 0 spiro atoms. The molecular formula is C12H15FN2O3. The minimum absolute atomic E-state index is 0.00564. The van der Waals surface area contributed by atoms with E-state index in [1.807, 2.05) is 6.92 Å². The van der Waals surface area contributed by atoms with Crippen molar-refractivity contribution in [3.8, 4) is 0 Å². The minimum Gasteiger partial charge on any atom is -0.380 e. The van der Waals surface area contributed by atoms with Crippen molar-refractivity contribution in [2.24, 2.45) is 0 Å². The fraction of sp³-hybridized carbons (Fsp3) is 0.500. The van der Waals surface area contributed by atoms with Gasteiger partial charge in [-0.25, -0.2) is 4.39 Å². The normalized spacial score (nSPS) is 20.7. The van der Waals surface area contributed by atoms with E-state index in [-0.39, 0.29) is 17.8 Å². The summed E-state index contributed by atoms with van der Waals surface area (Å²) in [6, 6.07) is 3.48. The monoisotopic (exact) mass is 254 g/mol. The van der Waals surface area contributed by atoms with E-state index in [0.29, 0.717) is 5.69 Å². The van der Waals surface area contributed by atoms with Crippen molar-refractivity contribution in [2.45, 2.75) is 31.9 Å². The first kappa shape index (κ1) is 12.8. The Balaban J connectivity index is 2.10. The van der Waals surface area contributed by atoms with Crippen LogP contribution in [0.15, 0.2) is 18.2 Å². The van der Waals surface area contributed by atoms with E-state index >= 15 is 0 Å². The summed E-state index contributed by atoms with van der Waals surface area (Å²) in [6.07, 6.45) is 2.04. The molecule has 0 aliphatic carbocycles. The molecule has 6 heteroatoms. The zero-order chi connectivity index (χ0) is 13.1. The Hall–Kier alpha value is -1.69. The summed E-state index contributed by atoms with van der Waals surface area (Å²) < 4.78 is 18.7. The van der Waals surface area contributed by atoms with Gasteiger partial charge in [0.15, 0.2) is 0 Å². The van der Waals surface area contributed by atoms with Gasteiger partial charge < -0.3 is 10.1 Å². The van der Waals surface area contributed by atoms with Crippen molar-refractivity contribution in [2.75, 3.05) is 11.9 Å². The number of ether oxygens (including phenoxy) is 1. The molecule has 1 aliphatic heterocycles. The molecule has 1 aromatic carbocycles. The van der Waals surface area contributed by atoms with Crippen molar-refractivity contribution in [1.82, 2.24) is 0 Å². The van der Waals surface area contributed by atoms with Gasteiger partial charge in [-0.15, -0.1) is 0 Å². The third-order valence-electron chi connectivity index (χ3n) is 3.01. The molecule has 0 aromatic heterocycles. The number of halogens is 1. The van der Waals surface area contributed by atoms with E-state index in [4.69, 9.17) is 4.74 Å². The Morgan fingerprint density at radius 1 is 1.56 bits per heavy atom. The van der Waals surface area contributed by atoms with Gasteiger partial charge in [-0.3, -0.25) is 10.1 Å². The second kappa shape index (κ2) is 5.30. The van der Waals surface area contributed by atoms with Gasteiger partial charge in [-0.1, -0.05) is 0 Å². The number of nitro groups is 1. The summed E-state index contributed by atoms with van der Waals surface area (Å²) in [4.78, 5) is 10.0. The number of rotatable bonds is 4. The Morgan fingerprint density at radius 2 is 2.33 bits per heavy atom. The van der Waals surface area contributed by atoms with Gasteiger partial charge in [0.05, 0.1) is 17.1 Å². The van der Waals surface area contributed by atoms with Gasteiger partial charge in [0.1, 0.15) is 5.82 Å². The largest absolute Gasteiger partial charge is 0.380 e. The number of hydrogen-bond acceptors (Lipinski definition) is 4. The molecule has 1 aliphatic rings. The Kier molecular flexibility index (Phi) is 3.76. The molecule has 1 aromatic rings. The van der Waals surface area contributed by atoms with E-state index in [1.165, 1.54) is 12.1 Å². The highest BCUT2D eigenvalue weighted by Crippen LogP contribution is 2.23. The van der Waals surface area contributed by atoms with Gasteiger partial charge in [0, 0.05) is 24.4 Å². The summed E-state index contributed by atoms with van der Waals surface area (Å²) in [6.45, 7) is 2.66. The summed E-state index contributed by atoms with van der Waals surface area (Å²) >= 11 is 0. The van der Waals surface area contributed by atoms with Gasteiger partial charge in [0.25, 0.3) is 5.69 Å². The van der Waals surface area contributed by atoms with Crippen molar-refractivity contribution < 1.29 is 14.1 Å². The average molecular weight is 254 g/mol. The molecule has 0 bridgehead atoms. The summed E-state index contributed by atoms with van der Waals surface area (Å²) in [5.41, 5.74) is 0.154. The molecule has 1 saturated heterocycles. The van der Waals surface area contributed by atoms with Gasteiger partial charge >= 0.3 is 0 Å². The van der Waals surface area contributed by atoms with Crippen LogP contribution in [0.1, 0.15) is 19.8 Å². The molecule has 2 rings (SSSR count). The maximum atomic E-state index is 13.2. The quantitative estimate of drug-likeness (QED) is 0.662. The number of non-ortho nitro benzene ring substituents is 1. The van der Waals surface area contributed by atoms with Crippen molar-refractivity contribution in [1.29, 1.82) is 0 Å². The Morgan fingerprint density at radius 3 is 2.94 bits per heavy atom. The van der Waals surface area contributed by atoms with Crippen molar-refractivity contribution in [3.05, 3.63) is 34.1 Å². The zero-order valence-electron chi connectivity index (χ0n) is 10.1. The van der Waals surface area contributed by atoms with E-state index in [0.717, 1.165) is 25.5 Å². The smallest absolute Gasteiger partial charge is 0.274 e. The van der Waals surface area contributed by atoms with Crippen LogP contribution in [0.3, 0.4) is 0 Å². The molecule has 0 radical (unpaired) electrons. The SMILES string of the molecule is CC(Nc1cc(F)cc([N+](=O)[O-])c1)C1CCCO1. The molecule has 18 heavy (non-hydrogen) atoms. The maximum absolute atomic E-state index is 13.2. The predicted octanol–water partition coefficient (Wildman–Crippen LogP) is 2.71. The van der Waals surface area contributed by atoms with Crippen LogP contribution in [0.2, 0.25) is 0 Å². The zero-order valence-corrected chi connectivity index (χ0v) is 10.1. The highest BCUT2D eigenvalue weighted by molar-refractivity contribution is 5.52. The van der Waals surface area contributed by atoms with Crippen molar-refractivity contribution in [3.63, 3.8) is 0 Å². The van der Waals surface area contributed by atoms with Gasteiger partial charge in [-0.05, 0) is 25.8 Å². The summed E-state index contributed by atoms with van der Waals surface area (Å²) in [7, 11) is 0. The molecule has 1 heterocycles. The molecule has 98 valence electrons. The number of nitrogens with zero attached hydrogens (tertiary/aromatic N) is 1. The molecule has 5 nitrogen and oxygen atoms in total. The summed E-state index contributed by atoms with van der Waals surface area (Å²) in [5.74, 6) is -0.619. The third kappa shape index (κ3) is 2.95. The molecule has 1 fully saturated rings. The van der Waals surface area contributed by atoms with Gasteiger partial charge in [-0.2, -0.15) is 0 Å². The molecular weight excluding hydrogens is 239 g/mol. The van der Waals surface area contributed by atoms with Gasteiger partial charge in [0.2, 0.25) is 0 Å². The first-order chi connectivity index (χ1) is 8.56. The predicted molar refractivity (Wildman–Crippen MR) is 65.1 cm³/mol. The topological polar surface area (TPSA) is 64.4 Å². The van der Waals surface area contributed by atoms with Crippen LogP contribution in [0.5, 0.6) is 0 Å². The lowest BCUT2D eigenvalue weighted by molar-refractivity contribution is -0.385. The van der Waals surface area contributed by atoms with Crippen LogP contribution >= 0.6 is 0 Å². The molecule has 0 amide bonds. The third-order valence-corrected chi connectivity index (χ3v) is 3.01. The molecule has 2 atom stereocenters. The maximum Gasteiger partial charge on any atom is 0.274 e. The van der Waals surface area contributed by atoms with Crippen LogP contribution in [-0.2, 0) is 4.74 Å². The average Bonchev–Trinajstić information content (AvgIpc) is 2.81. The highest BCUT2D eigenvalue weighted by atomic mass is 19.1. The van der Waals surface area contributed by atoms with Crippen molar-refractivity contribution >= 4 is 11.4 Å². The second-order valence-electron chi connectivity index (χ2n) is 4.44. The van der Waals surface area contributed by atoms with E-state index < -0.39 is 10.7 Å². The summed E-state index contributed by atoms with van der Waals surface area (Å²) in [5, 5.41) is 13.7. The van der Waals surface area contributed by atoms with E-state index in [9.17, 15) is 14.5 Å². The molecule has 1 N–H and O–H groups in total. The van der Waals surface area contributed by atoms with Crippen LogP contribution < -0.4 is 5.32 Å². The second-order valence-corrected chi connectivity index (χ2v) is 4.44. The Labute approximate surface area is 104 Å². The number of anilines is 1. The number of hydrogen-bond donors (Lipinski definition) is 1. The first-order valence-electron chi connectivity index (χ1n) is 5.89. The number of nitro benzene ring substituents is 1. The minimum atomic E-state index is -0.619. The van der Waals surface area contributed by atoms with E-state index in [2.05, 4.69) is 5.32 Å². The van der Waals surface area contributed by atoms with Crippen LogP contribution in [-0.4, -0.2) is 23.7 Å². The lowest BCUT2D eigenvalue weighted by atomic mass is 10.1. The fourth-order valence-corrected chi connectivity index (χ4v) is 2.12. The van der Waals surface area contributed by atoms with Crippen LogP contribution in [0.25, 0.3) is 0 Å². The lowest BCUT2D eigenvalue weighted by Gasteiger charge is -2.21. The van der Waals surface area contributed by atoms with Crippen LogP contribution in [0, 0.1) is 15.9 Å².